The van der Waals surface area contributed by atoms with E-state index in [9.17, 15) is 22.4 Å². The molecule has 2 atom stereocenters. The van der Waals surface area contributed by atoms with Crippen LogP contribution in [0.5, 0.6) is 0 Å². The summed E-state index contributed by atoms with van der Waals surface area (Å²) in [4.78, 5) is 11.5. The van der Waals surface area contributed by atoms with Crippen molar-refractivity contribution in [2.75, 3.05) is 7.05 Å². The van der Waals surface area contributed by atoms with E-state index in [-0.39, 0.29) is 4.47 Å². The molecular formula is C12H10BrF4NO. The van der Waals surface area contributed by atoms with Crippen LogP contribution >= 0.6 is 15.9 Å². The van der Waals surface area contributed by atoms with Crippen LogP contribution in [0.25, 0.3) is 0 Å². The third-order valence-electron chi connectivity index (χ3n) is 3.62. The number of hydrogen-bond acceptors (Lipinski definition) is 1. The van der Waals surface area contributed by atoms with E-state index in [4.69, 9.17) is 0 Å². The summed E-state index contributed by atoms with van der Waals surface area (Å²) < 4.78 is 54.6. The van der Waals surface area contributed by atoms with Gasteiger partial charge < -0.3 is 5.32 Å². The topological polar surface area (TPSA) is 29.1 Å². The Kier molecular flexibility index (Phi) is 3.16. The molecule has 0 heterocycles. The van der Waals surface area contributed by atoms with Gasteiger partial charge in [-0.25, -0.2) is 17.6 Å². The summed E-state index contributed by atoms with van der Waals surface area (Å²) in [6, 6.07) is 2.21. The van der Waals surface area contributed by atoms with E-state index in [1.54, 1.807) is 0 Å². The van der Waals surface area contributed by atoms with Crippen molar-refractivity contribution in [3.63, 3.8) is 0 Å². The highest BCUT2D eigenvalue weighted by molar-refractivity contribution is 9.10. The molecule has 0 radical (unpaired) electrons. The zero-order valence-corrected chi connectivity index (χ0v) is 11.6. The van der Waals surface area contributed by atoms with Crippen molar-refractivity contribution in [1.29, 1.82) is 0 Å². The minimum atomic E-state index is -3.41. The fourth-order valence-electron chi connectivity index (χ4n) is 2.34. The quantitative estimate of drug-likeness (QED) is 0.650. The normalized spacial score (nSPS) is 28.1. The second-order valence-corrected chi connectivity index (χ2v) is 5.46. The highest BCUT2D eigenvalue weighted by atomic mass is 79.9. The zero-order valence-electron chi connectivity index (χ0n) is 10.0. The number of nitrogens with one attached hydrogen (secondary N) is 1. The first kappa shape index (κ1) is 14.3. The molecule has 0 spiro atoms. The van der Waals surface area contributed by atoms with Gasteiger partial charge in [0, 0.05) is 12.6 Å². The van der Waals surface area contributed by atoms with E-state index in [0.29, 0.717) is 0 Å². The number of alkyl halides is 2. The van der Waals surface area contributed by atoms with Crippen molar-refractivity contribution >= 4 is 21.8 Å². The van der Waals surface area contributed by atoms with Gasteiger partial charge in [0.15, 0.2) is 11.6 Å². The zero-order chi connectivity index (χ0) is 14.6. The van der Waals surface area contributed by atoms with Crippen LogP contribution in [0.2, 0.25) is 0 Å². The number of benzene rings is 1. The predicted molar refractivity (Wildman–Crippen MR) is 63.9 cm³/mol. The molecule has 7 heteroatoms. The number of halogens is 5. The summed E-state index contributed by atoms with van der Waals surface area (Å²) in [5.41, 5.74) is -2.54. The van der Waals surface area contributed by atoms with Crippen molar-refractivity contribution in [2.24, 2.45) is 5.41 Å². The molecule has 1 N–H and O–H groups in total. The van der Waals surface area contributed by atoms with E-state index in [0.717, 1.165) is 19.1 Å². The SMILES string of the molecule is CNC(=O)C1(C)C(c2ccc(Br)c(F)c2F)C1(F)F. The van der Waals surface area contributed by atoms with Gasteiger partial charge in [-0.15, -0.1) is 0 Å². The first-order chi connectivity index (χ1) is 8.69. The van der Waals surface area contributed by atoms with E-state index in [2.05, 4.69) is 21.2 Å². The molecule has 2 unspecified atom stereocenters. The van der Waals surface area contributed by atoms with Gasteiger partial charge in [-0.3, -0.25) is 4.79 Å². The molecule has 2 nitrogen and oxygen atoms in total. The van der Waals surface area contributed by atoms with E-state index in [1.807, 2.05) is 0 Å². The molecule has 104 valence electrons. The molecule has 1 aliphatic carbocycles. The Bertz CT molecular complexity index is 563. The summed E-state index contributed by atoms with van der Waals surface area (Å²) in [7, 11) is 1.22. The van der Waals surface area contributed by atoms with Crippen LogP contribution in [-0.2, 0) is 4.79 Å². The Labute approximate surface area is 115 Å². The number of amides is 1. The molecule has 1 amide bonds. The van der Waals surface area contributed by atoms with Gasteiger partial charge in [0.2, 0.25) is 5.91 Å². The molecule has 1 aliphatic rings. The fourth-order valence-corrected chi connectivity index (χ4v) is 2.65. The summed E-state index contributed by atoms with van der Waals surface area (Å²) in [5, 5.41) is 2.12. The van der Waals surface area contributed by atoms with Gasteiger partial charge in [-0.05, 0) is 28.9 Å². The Balaban J connectivity index is 2.51. The van der Waals surface area contributed by atoms with Crippen LogP contribution in [0.15, 0.2) is 16.6 Å². The summed E-state index contributed by atoms with van der Waals surface area (Å²) >= 11 is 2.77. The smallest absolute Gasteiger partial charge is 0.271 e. The second kappa shape index (κ2) is 4.19. The van der Waals surface area contributed by atoms with Crippen molar-refractivity contribution in [3.8, 4) is 0 Å². The number of carbonyl (C=O) groups excluding carboxylic acids is 1. The Morgan fingerprint density at radius 2 is 1.89 bits per heavy atom. The highest BCUT2D eigenvalue weighted by Crippen LogP contribution is 2.71. The molecule has 1 saturated carbocycles. The van der Waals surface area contributed by atoms with Gasteiger partial charge in [0.25, 0.3) is 5.92 Å². The summed E-state index contributed by atoms with van der Waals surface area (Å²) in [5.74, 6) is -8.56. The fraction of sp³-hybridized carbons (Fsp3) is 0.417. The Morgan fingerprint density at radius 3 is 2.42 bits per heavy atom. The van der Waals surface area contributed by atoms with Gasteiger partial charge in [-0.2, -0.15) is 0 Å². The number of hydrogen-bond donors (Lipinski definition) is 1. The Morgan fingerprint density at radius 1 is 1.32 bits per heavy atom. The maximum Gasteiger partial charge on any atom is 0.271 e. The summed E-state index contributed by atoms with van der Waals surface area (Å²) in [6.07, 6.45) is 0. The molecule has 1 aromatic rings. The Hall–Kier alpha value is -1.11. The van der Waals surface area contributed by atoms with Crippen LogP contribution in [0.1, 0.15) is 18.4 Å². The monoisotopic (exact) mass is 339 g/mol. The highest BCUT2D eigenvalue weighted by Gasteiger charge is 2.82. The van der Waals surface area contributed by atoms with Crippen LogP contribution in [0.3, 0.4) is 0 Å². The van der Waals surface area contributed by atoms with Crippen molar-refractivity contribution in [1.82, 2.24) is 5.32 Å². The molecular weight excluding hydrogens is 330 g/mol. The molecule has 1 aromatic carbocycles. The van der Waals surface area contributed by atoms with E-state index in [1.165, 1.54) is 7.05 Å². The lowest BCUT2D eigenvalue weighted by Gasteiger charge is -2.08. The average Bonchev–Trinajstić information content (AvgIpc) is 2.81. The van der Waals surface area contributed by atoms with Crippen LogP contribution in [0, 0.1) is 17.0 Å². The number of rotatable bonds is 2. The average molecular weight is 340 g/mol. The molecule has 1 fully saturated rings. The van der Waals surface area contributed by atoms with Crippen molar-refractivity contribution in [2.45, 2.75) is 18.8 Å². The first-order valence-electron chi connectivity index (χ1n) is 5.43. The molecule has 19 heavy (non-hydrogen) atoms. The van der Waals surface area contributed by atoms with Gasteiger partial charge in [-0.1, -0.05) is 6.07 Å². The van der Waals surface area contributed by atoms with Crippen LogP contribution in [-0.4, -0.2) is 18.9 Å². The van der Waals surface area contributed by atoms with Crippen LogP contribution < -0.4 is 5.32 Å². The largest absolute Gasteiger partial charge is 0.358 e. The molecule has 0 bridgehead atoms. The van der Waals surface area contributed by atoms with Crippen molar-refractivity contribution in [3.05, 3.63) is 33.8 Å². The minimum absolute atomic E-state index is 0.153. The third kappa shape index (κ3) is 1.70. The lowest BCUT2D eigenvalue weighted by Crippen LogP contribution is -2.31. The summed E-state index contributed by atoms with van der Waals surface area (Å²) in [6.45, 7) is 1.04. The maximum atomic E-state index is 13.8. The molecule has 2 rings (SSSR count). The predicted octanol–water partition coefficient (Wildman–Crippen LogP) is 3.21. The second-order valence-electron chi connectivity index (χ2n) is 4.60. The first-order valence-corrected chi connectivity index (χ1v) is 6.22. The van der Waals surface area contributed by atoms with Gasteiger partial charge >= 0.3 is 0 Å². The molecule has 0 saturated heterocycles. The molecule has 0 aromatic heterocycles. The van der Waals surface area contributed by atoms with E-state index >= 15 is 0 Å². The minimum Gasteiger partial charge on any atom is -0.358 e. The standard InChI is InChI=1S/C12H10BrF4NO/c1-11(10(19)18-2)9(12(11,16)17)5-3-4-6(13)8(15)7(5)14/h3-4,9H,1-2H3,(H,18,19). The maximum absolute atomic E-state index is 13.8. The third-order valence-corrected chi connectivity index (χ3v) is 4.24. The lowest BCUT2D eigenvalue weighted by molar-refractivity contribution is -0.128. The number of carbonyl (C=O) groups is 1. The van der Waals surface area contributed by atoms with E-state index < -0.39 is 40.4 Å². The van der Waals surface area contributed by atoms with Gasteiger partial charge in [0.05, 0.1) is 10.4 Å². The van der Waals surface area contributed by atoms with Crippen molar-refractivity contribution < 1.29 is 22.4 Å². The lowest BCUT2D eigenvalue weighted by atomic mass is 9.99. The molecule has 0 aliphatic heterocycles. The van der Waals surface area contributed by atoms with Crippen LogP contribution in [0.4, 0.5) is 17.6 Å². The van der Waals surface area contributed by atoms with Gasteiger partial charge in [0.1, 0.15) is 5.41 Å².